The Morgan fingerprint density at radius 3 is 2.68 bits per heavy atom. The SMILES string of the molecule is Cc1cc(=O)c(C(=O)N2CCC(C)(C(=O)O)C2)c[nH]1. The van der Waals surface area contributed by atoms with Crippen molar-refractivity contribution < 1.29 is 14.7 Å². The Labute approximate surface area is 110 Å². The fraction of sp³-hybridized carbons (Fsp3) is 0.462. The molecule has 2 N–H and O–H groups in total. The molecule has 1 fully saturated rings. The number of carbonyl (C=O) groups is 2. The second-order valence-corrected chi connectivity index (χ2v) is 5.24. The number of aromatic nitrogens is 1. The summed E-state index contributed by atoms with van der Waals surface area (Å²) in [7, 11) is 0. The Balaban J connectivity index is 2.23. The molecule has 0 aliphatic carbocycles. The van der Waals surface area contributed by atoms with Crippen molar-refractivity contribution in [3.63, 3.8) is 0 Å². The van der Waals surface area contributed by atoms with Crippen LogP contribution in [-0.4, -0.2) is 40.0 Å². The predicted molar refractivity (Wildman–Crippen MR) is 68.1 cm³/mol. The number of carbonyl (C=O) groups excluding carboxylic acids is 1. The van der Waals surface area contributed by atoms with Gasteiger partial charge in [-0.3, -0.25) is 14.4 Å². The Morgan fingerprint density at radius 2 is 2.16 bits per heavy atom. The number of pyridine rings is 1. The Hall–Kier alpha value is -2.11. The van der Waals surface area contributed by atoms with Gasteiger partial charge in [0.05, 0.1) is 5.41 Å². The molecule has 19 heavy (non-hydrogen) atoms. The first kappa shape index (κ1) is 13.3. The maximum Gasteiger partial charge on any atom is 0.311 e. The Bertz CT molecular complexity index is 593. The summed E-state index contributed by atoms with van der Waals surface area (Å²) in [6.45, 7) is 3.83. The lowest BCUT2D eigenvalue weighted by Crippen LogP contribution is -2.36. The summed E-state index contributed by atoms with van der Waals surface area (Å²) in [5.41, 5.74) is -0.531. The molecule has 6 heteroatoms. The van der Waals surface area contributed by atoms with Crippen LogP contribution in [-0.2, 0) is 4.79 Å². The van der Waals surface area contributed by atoms with Gasteiger partial charge < -0.3 is 15.0 Å². The number of likely N-dealkylation sites (tertiary alicyclic amines) is 1. The zero-order valence-corrected chi connectivity index (χ0v) is 10.9. The van der Waals surface area contributed by atoms with Gasteiger partial charge in [0.15, 0.2) is 5.43 Å². The number of carboxylic acid groups (broad SMARTS) is 1. The minimum atomic E-state index is -0.923. The first-order chi connectivity index (χ1) is 8.83. The van der Waals surface area contributed by atoms with Gasteiger partial charge in [-0.2, -0.15) is 0 Å². The van der Waals surface area contributed by atoms with E-state index >= 15 is 0 Å². The van der Waals surface area contributed by atoms with Gasteiger partial charge in [0.25, 0.3) is 5.91 Å². The summed E-state index contributed by atoms with van der Waals surface area (Å²) >= 11 is 0. The number of hydrogen-bond acceptors (Lipinski definition) is 3. The van der Waals surface area contributed by atoms with Gasteiger partial charge in [0.2, 0.25) is 0 Å². The standard InChI is InChI=1S/C13H16N2O4/c1-8-5-10(16)9(6-14-8)11(17)15-4-3-13(2,7-15)12(18)19/h5-6H,3-4,7H2,1-2H3,(H,14,16)(H,18,19). The molecule has 2 rings (SSSR count). The molecule has 0 spiro atoms. The number of hydrogen-bond donors (Lipinski definition) is 2. The van der Waals surface area contributed by atoms with Crippen LogP contribution in [0.3, 0.4) is 0 Å². The molecule has 1 atom stereocenters. The maximum atomic E-state index is 12.2. The molecular weight excluding hydrogens is 248 g/mol. The van der Waals surface area contributed by atoms with Gasteiger partial charge in [0.1, 0.15) is 5.56 Å². The normalized spacial score (nSPS) is 22.5. The number of aromatic amines is 1. The third kappa shape index (κ3) is 2.38. The van der Waals surface area contributed by atoms with Gasteiger partial charge in [-0.05, 0) is 20.3 Å². The molecule has 1 amide bonds. The van der Waals surface area contributed by atoms with E-state index in [-0.39, 0.29) is 17.5 Å². The van der Waals surface area contributed by atoms with Crippen molar-refractivity contribution >= 4 is 11.9 Å². The largest absolute Gasteiger partial charge is 0.481 e. The van der Waals surface area contributed by atoms with Crippen molar-refractivity contribution in [1.29, 1.82) is 0 Å². The topological polar surface area (TPSA) is 90.5 Å². The minimum Gasteiger partial charge on any atom is -0.481 e. The van der Waals surface area contributed by atoms with Crippen molar-refractivity contribution in [3.05, 3.63) is 33.7 Å². The second-order valence-electron chi connectivity index (χ2n) is 5.24. The number of aryl methyl sites for hydroxylation is 1. The summed E-state index contributed by atoms with van der Waals surface area (Å²) in [4.78, 5) is 39.3. The summed E-state index contributed by atoms with van der Waals surface area (Å²) in [5.74, 6) is -1.33. The number of nitrogens with one attached hydrogen (secondary N) is 1. The highest BCUT2D eigenvalue weighted by Gasteiger charge is 2.42. The summed E-state index contributed by atoms with van der Waals surface area (Å²) in [6.07, 6.45) is 1.79. The molecule has 0 radical (unpaired) electrons. The zero-order chi connectivity index (χ0) is 14.2. The molecular formula is C13H16N2O4. The van der Waals surface area contributed by atoms with E-state index in [4.69, 9.17) is 5.11 Å². The monoisotopic (exact) mass is 264 g/mol. The van der Waals surface area contributed by atoms with Gasteiger partial charge >= 0.3 is 5.97 Å². The lowest BCUT2D eigenvalue weighted by atomic mass is 9.90. The van der Waals surface area contributed by atoms with Gasteiger partial charge in [-0.25, -0.2) is 0 Å². The smallest absolute Gasteiger partial charge is 0.311 e. The van der Waals surface area contributed by atoms with E-state index in [0.29, 0.717) is 18.7 Å². The van der Waals surface area contributed by atoms with Crippen molar-refractivity contribution in [3.8, 4) is 0 Å². The van der Waals surface area contributed by atoms with Gasteiger partial charge in [-0.15, -0.1) is 0 Å². The first-order valence-electron chi connectivity index (χ1n) is 6.05. The van der Waals surface area contributed by atoms with E-state index in [1.54, 1.807) is 13.8 Å². The van der Waals surface area contributed by atoms with E-state index < -0.39 is 17.3 Å². The van der Waals surface area contributed by atoms with Gasteiger partial charge in [-0.1, -0.05) is 0 Å². The number of amides is 1. The number of nitrogens with zero attached hydrogens (tertiary/aromatic N) is 1. The molecule has 0 saturated carbocycles. The number of aliphatic carboxylic acids is 1. The molecule has 6 nitrogen and oxygen atoms in total. The minimum absolute atomic E-state index is 0.0558. The lowest BCUT2D eigenvalue weighted by Gasteiger charge is -2.19. The van der Waals surface area contributed by atoms with Crippen LogP contribution in [0.5, 0.6) is 0 Å². The van der Waals surface area contributed by atoms with E-state index in [9.17, 15) is 14.4 Å². The molecule has 1 aliphatic rings. The Morgan fingerprint density at radius 1 is 1.47 bits per heavy atom. The van der Waals surface area contributed by atoms with Crippen LogP contribution in [0.1, 0.15) is 29.4 Å². The van der Waals surface area contributed by atoms with Crippen LogP contribution in [0.4, 0.5) is 0 Å². The summed E-state index contributed by atoms with van der Waals surface area (Å²) < 4.78 is 0. The number of rotatable bonds is 2. The first-order valence-corrected chi connectivity index (χ1v) is 6.05. The van der Waals surface area contributed by atoms with Crippen LogP contribution in [0.25, 0.3) is 0 Å². The van der Waals surface area contributed by atoms with E-state index in [0.717, 1.165) is 0 Å². The number of carboxylic acids is 1. The van der Waals surface area contributed by atoms with Crippen molar-refractivity contribution in [2.45, 2.75) is 20.3 Å². The molecule has 102 valence electrons. The molecule has 0 aromatic carbocycles. The van der Waals surface area contributed by atoms with E-state index in [1.807, 2.05) is 0 Å². The Kier molecular flexibility index (Phi) is 3.18. The summed E-state index contributed by atoms with van der Waals surface area (Å²) in [5, 5.41) is 9.13. The van der Waals surface area contributed by atoms with Gasteiger partial charge in [0, 0.05) is 31.0 Å². The average Bonchev–Trinajstić information content (AvgIpc) is 2.73. The molecule has 1 aromatic heterocycles. The molecule has 0 bridgehead atoms. The molecule has 1 unspecified atom stereocenters. The van der Waals surface area contributed by atoms with E-state index in [1.165, 1.54) is 17.2 Å². The third-order valence-corrected chi connectivity index (χ3v) is 3.56. The van der Waals surface area contributed by atoms with Crippen LogP contribution in [0, 0.1) is 12.3 Å². The zero-order valence-electron chi connectivity index (χ0n) is 10.9. The maximum absolute atomic E-state index is 12.2. The fourth-order valence-corrected chi connectivity index (χ4v) is 2.22. The number of H-pyrrole nitrogens is 1. The third-order valence-electron chi connectivity index (χ3n) is 3.56. The quantitative estimate of drug-likeness (QED) is 0.819. The highest BCUT2D eigenvalue weighted by Crippen LogP contribution is 2.30. The van der Waals surface area contributed by atoms with Crippen LogP contribution >= 0.6 is 0 Å². The second kappa shape index (κ2) is 4.53. The predicted octanol–water partition coefficient (Wildman–Crippen LogP) is 0.620. The van der Waals surface area contributed by atoms with Crippen molar-refractivity contribution in [1.82, 2.24) is 9.88 Å². The van der Waals surface area contributed by atoms with Crippen LogP contribution in [0.15, 0.2) is 17.1 Å². The van der Waals surface area contributed by atoms with E-state index in [2.05, 4.69) is 4.98 Å². The summed E-state index contributed by atoms with van der Waals surface area (Å²) in [6, 6.07) is 1.36. The molecule has 1 saturated heterocycles. The van der Waals surface area contributed by atoms with Crippen molar-refractivity contribution in [2.24, 2.45) is 5.41 Å². The molecule has 1 aromatic rings. The van der Waals surface area contributed by atoms with Crippen molar-refractivity contribution in [2.75, 3.05) is 13.1 Å². The average molecular weight is 264 g/mol. The molecule has 2 heterocycles. The highest BCUT2D eigenvalue weighted by atomic mass is 16.4. The van der Waals surface area contributed by atoms with Crippen LogP contribution in [0.2, 0.25) is 0 Å². The van der Waals surface area contributed by atoms with Crippen LogP contribution < -0.4 is 5.43 Å². The lowest BCUT2D eigenvalue weighted by molar-refractivity contribution is -0.147. The molecule has 1 aliphatic heterocycles. The highest BCUT2D eigenvalue weighted by molar-refractivity contribution is 5.94. The fourth-order valence-electron chi connectivity index (χ4n) is 2.22.